The SMILES string of the molecule is O=C(/C=C/c1ccc(Cl)cc1)N1C(=O)OC[C@@H]1Cc1ccccc1. The Morgan fingerprint density at radius 2 is 1.88 bits per heavy atom. The predicted octanol–water partition coefficient (Wildman–Crippen LogP) is 3.94. The number of benzene rings is 2. The normalized spacial score (nSPS) is 17.3. The Bertz CT molecular complexity index is 756. The van der Waals surface area contributed by atoms with E-state index in [0.717, 1.165) is 11.1 Å². The Hall–Kier alpha value is -2.59. The first kappa shape index (κ1) is 16.3. The van der Waals surface area contributed by atoms with Gasteiger partial charge in [-0.1, -0.05) is 54.1 Å². The molecule has 1 atom stereocenters. The molecule has 1 fully saturated rings. The van der Waals surface area contributed by atoms with Crippen molar-refractivity contribution in [2.45, 2.75) is 12.5 Å². The summed E-state index contributed by atoms with van der Waals surface area (Å²) >= 11 is 5.83. The highest BCUT2D eigenvalue weighted by molar-refractivity contribution is 6.30. The van der Waals surface area contributed by atoms with E-state index in [9.17, 15) is 9.59 Å². The Balaban J connectivity index is 1.71. The summed E-state index contributed by atoms with van der Waals surface area (Å²) < 4.78 is 5.05. The third kappa shape index (κ3) is 3.84. The van der Waals surface area contributed by atoms with Gasteiger partial charge in [0.2, 0.25) is 0 Å². The van der Waals surface area contributed by atoms with E-state index in [0.29, 0.717) is 11.4 Å². The van der Waals surface area contributed by atoms with Gasteiger partial charge in [0.05, 0.1) is 6.04 Å². The third-order valence-corrected chi connectivity index (χ3v) is 4.05. The molecule has 1 heterocycles. The molecular formula is C19H16ClNO3. The molecule has 2 aromatic rings. The minimum absolute atomic E-state index is 0.217. The maximum atomic E-state index is 12.4. The van der Waals surface area contributed by atoms with E-state index >= 15 is 0 Å². The van der Waals surface area contributed by atoms with Gasteiger partial charge in [0.25, 0.3) is 5.91 Å². The zero-order chi connectivity index (χ0) is 16.9. The molecule has 24 heavy (non-hydrogen) atoms. The van der Waals surface area contributed by atoms with Gasteiger partial charge in [0.15, 0.2) is 0 Å². The zero-order valence-electron chi connectivity index (χ0n) is 12.9. The number of carbonyl (C=O) groups is 2. The summed E-state index contributed by atoms with van der Waals surface area (Å²) in [5.41, 5.74) is 1.89. The molecule has 2 aromatic carbocycles. The lowest BCUT2D eigenvalue weighted by Crippen LogP contribution is -2.39. The Morgan fingerprint density at radius 1 is 1.17 bits per heavy atom. The molecule has 0 aliphatic carbocycles. The fourth-order valence-corrected chi connectivity index (χ4v) is 2.71. The topological polar surface area (TPSA) is 46.6 Å². The average Bonchev–Trinajstić information content (AvgIpc) is 2.95. The van der Waals surface area contributed by atoms with Crippen LogP contribution in [0.5, 0.6) is 0 Å². The number of carbonyl (C=O) groups excluding carboxylic acids is 2. The minimum atomic E-state index is -0.596. The molecule has 2 amide bonds. The van der Waals surface area contributed by atoms with Crippen molar-refractivity contribution < 1.29 is 14.3 Å². The number of hydrogen-bond acceptors (Lipinski definition) is 3. The molecule has 4 nitrogen and oxygen atoms in total. The maximum Gasteiger partial charge on any atom is 0.417 e. The highest BCUT2D eigenvalue weighted by atomic mass is 35.5. The fourth-order valence-electron chi connectivity index (χ4n) is 2.59. The Morgan fingerprint density at radius 3 is 2.58 bits per heavy atom. The van der Waals surface area contributed by atoms with E-state index in [2.05, 4.69) is 0 Å². The third-order valence-electron chi connectivity index (χ3n) is 3.80. The molecule has 1 saturated heterocycles. The van der Waals surface area contributed by atoms with Crippen LogP contribution in [0.25, 0.3) is 6.08 Å². The smallest absolute Gasteiger partial charge is 0.417 e. The number of hydrogen-bond donors (Lipinski definition) is 0. The van der Waals surface area contributed by atoms with Crippen LogP contribution in [0, 0.1) is 0 Å². The van der Waals surface area contributed by atoms with Gasteiger partial charge in [0.1, 0.15) is 6.61 Å². The molecule has 0 saturated carbocycles. The number of nitrogens with zero attached hydrogens (tertiary/aromatic N) is 1. The van der Waals surface area contributed by atoms with Gasteiger partial charge in [-0.25, -0.2) is 9.69 Å². The molecule has 0 N–H and O–H groups in total. The van der Waals surface area contributed by atoms with Gasteiger partial charge in [-0.2, -0.15) is 0 Å². The van der Waals surface area contributed by atoms with Crippen LogP contribution in [0.15, 0.2) is 60.7 Å². The van der Waals surface area contributed by atoms with E-state index in [1.165, 1.54) is 11.0 Å². The second-order valence-electron chi connectivity index (χ2n) is 5.51. The second kappa shape index (κ2) is 7.32. The molecule has 0 aromatic heterocycles. The molecular weight excluding hydrogens is 326 g/mol. The van der Waals surface area contributed by atoms with Crippen molar-refractivity contribution in [1.82, 2.24) is 4.90 Å². The van der Waals surface area contributed by atoms with E-state index in [4.69, 9.17) is 16.3 Å². The van der Waals surface area contributed by atoms with E-state index < -0.39 is 6.09 Å². The summed E-state index contributed by atoms with van der Waals surface area (Å²) in [4.78, 5) is 25.5. The van der Waals surface area contributed by atoms with Crippen molar-refractivity contribution in [3.8, 4) is 0 Å². The van der Waals surface area contributed by atoms with Crippen molar-refractivity contribution in [1.29, 1.82) is 0 Å². The highest BCUT2D eigenvalue weighted by Crippen LogP contribution is 2.18. The summed E-state index contributed by atoms with van der Waals surface area (Å²) in [6, 6.07) is 16.5. The van der Waals surface area contributed by atoms with Gasteiger partial charge < -0.3 is 4.74 Å². The lowest BCUT2D eigenvalue weighted by molar-refractivity contribution is -0.124. The van der Waals surface area contributed by atoms with Crippen molar-refractivity contribution in [2.75, 3.05) is 6.61 Å². The molecule has 1 aliphatic rings. The summed E-state index contributed by atoms with van der Waals surface area (Å²) in [6.07, 6.45) is 3.02. The highest BCUT2D eigenvalue weighted by Gasteiger charge is 2.36. The van der Waals surface area contributed by atoms with E-state index in [-0.39, 0.29) is 18.6 Å². The van der Waals surface area contributed by atoms with Gasteiger partial charge in [-0.3, -0.25) is 4.79 Å². The van der Waals surface area contributed by atoms with Crippen molar-refractivity contribution in [3.63, 3.8) is 0 Å². The molecule has 0 bridgehead atoms. The first-order chi connectivity index (χ1) is 11.6. The van der Waals surface area contributed by atoms with E-state index in [1.54, 1.807) is 30.3 Å². The number of halogens is 1. The van der Waals surface area contributed by atoms with Crippen LogP contribution in [0.2, 0.25) is 5.02 Å². The van der Waals surface area contributed by atoms with Gasteiger partial charge >= 0.3 is 6.09 Å². The molecule has 0 unspecified atom stereocenters. The first-order valence-electron chi connectivity index (χ1n) is 7.61. The molecule has 0 spiro atoms. The van der Waals surface area contributed by atoms with Crippen molar-refractivity contribution in [3.05, 3.63) is 76.8 Å². The lowest BCUT2D eigenvalue weighted by atomic mass is 10.1. The summed E-state index contributed by atoms with van der Waals surface area (Å²) in [6.45, 7) is 0.217. The van der Waals surface area contributed by atoms with Crippen molar-refractivity contribution >= 4 is 29.7 Å². The number of ether oxygens (including phenoxy) is 1. The van der Waals surface area contributed by atoms with Gasteiger partial charge in [0, 0.05) is 11.1 Å². The van der Waals surface area contributed by atoms with Crippen LogP contribution >= 0.6 is 11.6 Å². The quantitative estimate of drug-likeness (QED) is 0.791. The molecule has 5 heteroatoms. The second-order valence-corrected chi connectivity index (χ2v) is 5.95. The van der Waals surface area contributed by atoms with Crippen LogP contribution in [0.3, 0.4) is 0 Å². The van der Waals surface area contributed by atoms with Crippen LogP contribution < -0.4 is 0 Å². The molecule has 0 radical (unpaired) electrons. The number of cyclic esters (lactones) is 1. The predicted molar refractivity (Wildman–Crippen MR) is 92.6 cm³/mol. The number of imide groups is 1. The summed E-state index contributed by atoms with van der Waals surface area (Å²) in [5, 5.41) is 0.629. The Kier molecular flexibility index (Phi) is 4.96. The van der Waals surface area contributed by atoms with Gasteiger partial charge in [-0.15, -0.1) is 0 Å². The monoisotopic (exact) mass is 341 g/mol. The Labute approximate surface area is 145 Å². The largest absolute Gasteiger partial charge is 0.447 e. The van der Waals surface area contributed by atoms with Crippen LogP contribution in [-0.2, 0) is 16.0 Å². The standard InChI is InChI=1S/C19H16ClNO3/c20-16-9-6-14(7-10-16)8-11-18(22)21-17(13-24-19(21)23)12-15-4-2-1-3-5-15/h1-11,17H,12-13H2/b11-8+/t17-/m0/s1. The van der Waals surface area contributed by atoms with E-state index in [1.807, 2.05) is 30.3 Å². The fraction of sp³-hybridized carbons (Fsp3) is 0.158. The summed E-state index contributed by atoms with van der Waals surface area (Å²) in [5.74, 6) is -0.381. The van der Waals surface area contributed by atoms with Crippen LogP contribution in [-0.4, -0.2) is 29.5 Å². The molecule has 122 valence electrons. The zero-order valence-corrected chi connectivity index (χ0v) is 13.6. The molecule has 3 rings (SSSR count). The van der Waals surface area contributed by atoms with Gasteiger partial charge in [-0.05, 0) is 35.8 Å². The minimum Gasteiger partial charge on any atom is -0.447 e. The van der Waals surface area contributed by atoms with Crippen LogP contribution in [0.1, 0.15) is 11.1 Å². The lowest BCUT2D eigenvalue weighted by Gasteiger charge is -2.18. The van der Waals surface area contributed by atoms with Crippen LogP contribution in [0.4, 0.5) is 4.79 Å². The average molecular weight is 342 g/mol. The maximum absolute atomic E-state index is 12.4. The first-order valence-corrected chi connectivity index (χ1v) is 7.99. The van der Waals surface area contributed by atoms with Crippen molar-refractivity contribution in [2.24, 2.45) is 0 Å². The summed E-state index contributed by atoms with van der Waals surface area (Å²) in [7, 11) is 0. The number of amides is 2. The number of rotatable bonds is 4. The molecule has 1 aliphatic heterocycles.